The van der Waals surface area contributed by atoms with Crippen molar-refractivity contribution in [2.75, 3.05) is 17.6 Å². The molecule has 2 aromatic heterocycles. The van der Waals surface area contributed by atoms with Crippen LogP contribution in [0.2, 0.25) is 0 Å². The molecule has 0 spiro atoms. The van der Waals surface area contributed by atoms with Crippen molar-refractivity contribution < 1.29 is 19.1 Å². The number of benzene rings is 2. The van der Waals surface area contributed by atoms with Gasteiger partial charge in [0.2, 0.25) is 17.6 Å². The summed E-state index contributed by atoms with van der Waals surface area (Å²) >= 11 is 0. The van der Waals surface area contributed by atoms with Crippen LogP contribution in [-0.2, 0) is 20.7 Å². The predicted octanol–water partition coefficient (Wildman–Crippen LogP) is 4.51. The SMILES string of the molecule is CC(C)(C)OC(=O)NCC1CCC(C(=O)NC(Cc2ccc(-c3cccnc3N)cc2)C(=O)Nc2ccc(-c3nn[nH]n3)cc2)CC1. The van der Waals surface area contributed by atoms with Crippen LogP contribution in [0.3, 0.4) is 0 Å². The lowest BCUT2D eigenvalue weighted by Gasteiger charge is -2.29. The number of hydrogen-bond donors (Lipinski definition) is 5. The van der Waals surface area contributed by atoms with Gasteiger partial charge >= 0.3 is 6.09 Å². The number of anilines is 2. The molecule has 1 saturated carbocycles. The zero-order valence-corrected chi connectivity index (χ0v) is 26.8. The Hall–Kier alpha value is -5.33. The number of aromatic amines is 1. The molecule has 2 aromatic carbocycles. The van der Waals surface area contributed by atoms with E-state index in [1.54, 1.807) is 30.5 Å². The van der Waals surface area contributed by atoms with Crippen LogP contribution < -0.4 is 21.7 Å². The molecule has 1 atom stereocenters. The smallest absolute Gasteiger partial charge is 0.407 e. The molecule has 3 amide bonds. The Kier molecular flexibility index (Phi) is 10.4. The zero-order valence-electron chi connectivity index (χ0n) is 26.8. The highest BCUT2D eigenvalue weighted by Gasteiger charge is 2.30. The maximum Gasteiger partial charge on any atom is 0.407 e. The minimum Gasteiger partial charge on any atom is -0.444 e. The molecule has 1 unspecified atom stereocenters. The van der Waals surface area contributed by atoms with Crippen LogP contribution in [0.1, 0.15) is 52.0 Å². The van der Waals surface area contributed by atoms with Crippen molar-refractivity contribution in [2.45, 2.75) is 64.5 Å². The number of nitrogens with two attached hydrogens (primary N) is 1. The van der Waals surface area contributed by atoms with Crippen LogP contribution in [0.5, 0.6) is 0 Å². The van der Waals surface area contributed by atoms with Crippen LogP contribution in [0.4, 0.5) is 16.3 Å². The number of alkyl carbamates (subject to hydrolysis) is 1. The molecule has 1 aliphatic rings. The largest absolute Gasteiger partial charge is 0.444 e. The van der Waals surface area contributed by atoms with Gasteiger partial charge in [-0.25, -0.2) is 9.78 Å². The molecule has 246 valence electrons. The Morgan fingerprint density at radius 3 is 2.32 bits per heavy atom. The number of amides is 3. The van der Waals surface area contributed by atoms with E-state index in [0.717, 1.165) is 35.1 Å². The fraction of sp³-hybridized carbons (Fsp3) is 0.382. The Labute approximate surface area is 273 Å². The van der Waals surface area contributed by atoms with Gasteiger partial charge in [0.25, 0.3) is 0 Å². The second kappa shape index (κ2) is 14.8. The van der Waals surface area contributed by atoms with Gasteiger partial charge in [-0.3, -0.25) is 9.59 Å². The second-order valence-corrected chi connectivity index (χ2v) is 12.8. The molecule has 5 rings (SSSR count). The standard InChI is InChI=1S/C34H41N9O4/c1-34(2,3)47-33(46)37-20-22-8-12-25(13-9-22)31(44)39-28(19-21-6-10-23(11-7-21)27-5-4-18-36-29(27)35)32(45)38-26-16-14-24(15-17-26)30-40-42-43-41-30/h4-7,10-11,14-18,22,25,28H,8-9,12-13,19-20H2,1-3H3,(H2,35,36)(H,37,46)(H,38,45)(H,39,44)(H,40,41,42,43). The molecule has 2 heterocycles. The number of nitrogens with one attached hydrogen (secondary N) is 4. The lowest BCUT2D eigenvalue weighted by molar-refractivity contribution is -0.130. The van der Waals surface area contributed by atoms with Gasteiger partial charge in [0, 0.05) is 41.9 Å². The molecule has 47 heavy (non-hydrogen) atoms. The minimum absolute atomic E-state index is 0.157. The van der Waals surface area contributed by atoms with Gasteiger partial charge in [-0.2, -0.15) is 5.21 Å². The molecular formula is C34H41N9O4. The summed E-state index contributed by atoms with van der Waals surface area (Å²) in [7, 11) is 0. The lowest BCUT2D eigenvalue weighted by Crippen LogP contribution is -2.48. The van der Waals surface area contributed by atoms with E-state index in [9.17, 15) is 14.4 Å². The number of pyridine rings is 1. The summed E-state index contributed by atoms with van der Waals surface area (Å²) in [6.45, 7) is 5.98. The van der Waals surface area contributed by atoms with Crippen molar-refractivity contribution in [3.63, 3.8) is 0 Å². The molecule has 1 fully saturated rings. The third-order valence-electron chi connectivity index (χ3n) is 8.08. The molecule has 1 aliphatic carbocycles. The zero-order chi connectivity index (χ0) is 33.4. The lowest BCUT2D eigenvalue weighted by atomic mass is 9.81. The van der Waals surface area contributed by atoms with E-state index in [2.05, 4.69) is 41.6 Å². The van der Waals surface area contributed by atoms with Crippen LogP contribution in [0.15, 0.2) is 66.9 Å². The van der Waals surface area contributed by atoms with Crippen LogP contribution in [0.25, 0.3) is 22.5 Å². The van der Waals surface area contributed by atoms with Gasteiger partial charge in [0.05, 0.1) is 0 Å². The van der Waals surface area contributed by atoms with Crippen LogP contribution in [-0.4, -0.2) is 61.7 Å². The molecule has 4 aromatic rings. The van der Waals surface area contributed by atoms with Gasteiger partial charge in [-0.1, -0.05) is 24.3 Å². The normalized spacial score (nSPS) is 16.9. The first-order valence-electron chi connectivity index (χ1n) is 15.8. The molecule has 0 radical (unpaired) electrons. The first-order chi connectivity index (χ1) is 22.5. The number of hydrogen-bond acceptors (Lipinski definition) is 9. The quantitative estimate of drug-likeness (QED) is 0.166. The predicted molar refractivity (Wildman–Crippen MR) is 178 cm³/mol. The summed E-state index contributed by atoms with van der Waals surface area (Å²) in [6.07, 6.45) is 4.40. The van der Waals surface area contributed by atoms with Gasteiger partial charge < -0.3 is 26.4 Å². The first kappa shape index (κ1) is 33.0. The summed E-state index contributed by atoms with van der Waals surface area (Å²) in [5.74, 6) is 0.421. The van der Waals surface area contributed by atoms with Crippen molar-refractivity contribution in [1.29, 1.82) is 0 Å². The monoisotopic (exact) mass is 639 g/mol. The summed E-state index contributed by atoms with van der Waals surface area (Å²) in [4.78, 5) is 43.4. The van der Waals surface area contributed by atoms with E-state index in [4.69, 9.17) is 10.5 Å². The molecule has 0 bridgehead atoms. The van der Waals surface area contributed by atoms with Gasteiger partial charge in [-0.15, -0.1) is 10.2 Å². The average Bonchev–Trinajstić information content (AvgIpc) is 3.59. The number of H-pyrrole nitrogens is 1. The fourth-order valence-electron chi connectivity index (χ4n) is 5.60. The molecular weight excluding hydrogens is 598 g/mol. The van der Waals surface area contributed by atoms with Crippen molar-refractivity contribution in [3.8, 4) is 22.5 Å². The number of carbonyl (C=O) groups is 3. The second-order valence-electron chi connectivity index (χ2n) is 12.8. The van der Waals surface area contributed by atoms with Crippen molar-refractivity contribution >= 4 is 29.4 Å². The number of tetrazole rings is 1. The van der Waals surface area contributed by atoms with Gasteiger partial charge in [-0.05, 0) is 105 Å². The van der Waals surface area contributed by atoms with E-state index in [1.165, 1.54) is 0 Å². The number of nitrogen functional groups attached to an aromatic ring is 1. The summed E-state index contributed by atoms with van der Waals surface area (Å²) in [5, 5.41) is 22.8. The highest BCUT2D eigenvalue weighted by molar-refractivity contribution is 5.97. The number of nitrogens with zero attached hydrogens (tertiary/aromatic N) is 4. The molecule has 13 heteroatoms. The van der Waals surface area contributed by atoms with Crippen LogP contribution in [0, 0.1) is 11.8 Å². The number of rotatable bonds is 10. The van der Waals surface area contributed by atoms with E-state index >= 15 is 0 Å². The average molecular weight is 640 g/mol. The summed E-state index contributed by atoms with van der Waals surface area (Å²) in [6, 6.07) is 17.7. The molecule has 6 N–H and O–H groups in total. The molecule has 0 aliphatic heterocycles. The Bertz CT molecular complexity index is 1640. The topological polar surface area (TPSA) is 190 Å². The Morgan fingerprint density at radius 2 is 1.68 bits per heavy atom. The summed E-state index contributed by atoms with van der Waals surface area (Å²) < 4.78 is 5.33. The van der Waals surface area contributed by atoms with E-state index in [-0.39, 0.29) is 30.1 Å². The maximum atomic E-state index is 13.6. The first-order valence-corrected chi connectivity index (χ1v) is 15.8. The fourth-order valence-corrected chi connectivity index (χ4v) is 5.60. The molecule has 0 saturated heterocycles. The van der Waals surface area contributed by atoms with E-state index < -0.39 is 17.7 Å². The third kappa shape index (κ3) is 9.35. The minimum atomic E-state index is -0.819. The van der Waals surface area contributed by atoms with E-state index in [0.29, 0.717) is 36.7 Å². The third-order valence-corrected chi connectivity index (χ3v) is 8.08. The highest BCUT2D eigenvalue weighted by Crippen LogP contribution is 2.29. The van der Waals surface area contributed by atoms with Crippen LogP contribution >= 0.6 is 0 Å². The van der Waals surface area contributed by atoms with E-state index in [1.807, 2.05) is 57.2 Å². The molecule has 13 nitrogen and oxygen atoms in total. The van der Waals surface area contributed by atoms with Crippen molar-refractivity contribution in [1.82, 2.24) is 36.2 Å². The maximum absolute atomic E-state index is 13.6. The number of carbonyl (C=O) groups excluding carboxylic acids is 3. The highest BCUT2D eigenvalue weighted by atomic mass is 16.6. The number of ether oxygens (including phenoxy) is 1. The van der Waals surface area contributed by atoms with Gasteiger partial charge in [0.1, 0.15) is 17.5 Å². The summed E-state index contributed by atoms with van der Waals surface area (Å²) in [5.41, 5.74) is 9.42. The number of aromatic nitrogens is 5. The Morgan fingerprint density at radius 1 is 0.979 bits per heavy atom. The van der Waals surface area contributed by atoms with Crippen molar-refractivity contribution in [3.05, 3.63) is 72.4 Å². The van der Waals surface area contributed by atoms with Gasteiger partial charge in [0.15, 0.2) is 0 Å². The van der Waals surface area contributed by atoms with Crippen molar-refractivity contribution in [2.24, 2.45) is 11.8 Å². The Balaban J connectivity index is 1.23.